The van der Waals surface area contributed by atoms with Crippen molar-refractivity contribution in [3.63, 3.8) is 0 Å². The molecule has 1 heterocycles. The van der Waals surface area contributed by atoms with Crippen molar-refractivity contribution in [1.82, 2.24) is 4.90 Å². The first-order chi connectivity index (χ1) is 12.9. The number of carbonyl (C=O) groups is 2. The summed E-state index contributed by atoms with van der Waals surface area (Å²) in [6.45, 7) is 4.36. The Bertz CT molecular complexity index is 835. The maximum Gasteiger partial charge on any atom is 0.228 e. The molecule has 0 aromatic heterocycles. The zero-order valence-corrected chi connectivity index (χ0v) is 16.3. The van der Waals surface area contributed by atoms with Gasteiger partial charge in [-0.25, -0.2) is 0 Å². The fourth-order valence-electron chi connectivity index (χ4n) is 3.55. The number of anilines is 1. The van der Waals surface area contributed by atoms with Crippen LogP contribution in [0, 0.1) is 12.8 Å². The van der Waals surface area contributed by atoms with Crippen LogP contribution < -0.4 is 9.64 Å². The normalized spacial score (nSPS) is 17.7. The van der Waals surface area contributed by atoms with E-state index in [-0.39, 0.29) is 30.2 Å². The molecule has 2 atom stereocenters. The lowest BCUT2D eigenvalue weighted by molar-refractivity contribution is -0.136. The van der Waals surface area contributed by atoms with Gasteiger partial charge >= 0.3 is 0 Å². The van der Waals surface area contributed by atoms with Crippen molar-refractivity contribution < 1.29 is 14.3 Å². The Kier molecular flexibility index (Phi) is 5.49. The molecule has 0 N–H and O–H groups in total. The molecule has 2 amide bonds. The van der Waals surface area contributed by atoms with Crippen molar-refractivity contribution in [3.8, 4) is 5.75 Å². The summed E-state index contributed by atoms with van der Waals surface area (Å²) in [5.74, 6) is 0.249. The van der Waals surface area contributed by atoms with Gasteiger partial charge in [-0.1, -0.05) is 36.4 Å². The lowest BCUT2D eigenvalue weighted by atomic mass is 10.0. The predicted molar refractivity (Wildman–Crippen MR) is 106 cm³/mol. The Hall–Kier alpha value is -2.82. The molecule has 142 valence electrons. The molecule has 5 nitrogen and oxygen atoms in total. The van der Waals surface area contributed by atoms with Crippen LogP contribution in [0.25, 0.3) is 0 Å². The molecule has 5 heteroatoms. The van der Waals surface area contributed by atoms with Crippen molar-refractivity contribution in [2.75, 3.05) is 25.6 Å². The number of methoxy groups -OCH3 is 1. The van der Waals surface area contributed by atoms with Gasteiger partial charge in [-0.2, -0.15) is 0 Å². The van der Waals surface area contributed by atoms with Gasteiger partial charge in [0.2, 0.25) is 11.8 Å². The molecule has 2 unspecified atom stereocenters. The Morgan fingerprint density at radius 3 is 2.59 bits per heavy atom. The van der Waals surface area contributed by atoms with Crippen LogP contribution in [0.2, 0.25) is 0 Å². The smallest absolute Gasteiger partial charge is 0.228 e. The first kappa shape index (κ1) is 19.0. The highest BCUT2D eigenvalue weighted by Gasteiger charge is 2.38. The fraction of sp³-hybridized carbons (Fsp3) is 0.364. The average molecular weight is 366 g/mol. The summed E-state index contributed by atoms with van der Waals surface area (Å²) in [4.78, 5) is 29.1. The molecular formula is C22H26N2O3. The second kappa shape index (κ2) is 7.82. The van der Waals surface area contributed by atoms with Crippen LogP contribution in [0.3, 0.4) is 0 Å². The molecule has 27 heavy (non-hydrogen) atoms. The highest BCUT2D eigenvalue weighted by atomic mass is 16.5. The van der Waals surface area contributed by atoms with Gasteiger partial charge in [0.25, 0.3) is 0 Å². The Balaban J connectivity index is 1.77. The van der Waals surface area contributed by atoms with E-state index in [2.05, 4.69) is 0 Å². The summed E-state index contributed by atoms with van der Waals surface area (Å²) in [5, 5.41) is 0. The molecule has 1 saturated heterocycles. The van der Waals surface area contributed by atoms with Gasteiger partial charge in [0.1, 0.15) is 5.75 Å². The number of rotatable bonds is 5. The van der Waals surface area contributed by atoms with E-state index in [0.29, 0.717) is 12.3 Å². The van der Waals surface area contributed by atoms with Crippen LogP contribution >= 0.6 is 0 Å². The maximum atomic E-state index is 13.0. The monoisotopic (exact) mass is 366 g/mol. The van der Waals surface area contributed by atoms with Gasteiger partial charge in [-0.15, -0.1) is 0 Å². The molecule has 0 spiro atoms. The summed E-state index contributed by atoms with van der Waals surface area (Å²) < 4.78 is 5.41. The first-order valence-corrected chi connectivity index (χ1v) is 9.19. The molecule has 1 aliphatic rings. The molecule has 0 saturated carbocycles. The Morgan fingerprint density at radius 1 is 1.22 bits per heavy atom. The van der Waals surface area contributed by atoms with Crippen LogP contribution in [0.1, 0.15) is 30.5 Å². The zero-order valence-electron chi connectivity index (χ0n) is 16.3. The van der Waals surface area contributed by atoms with Gasteiger partial charge in [-0.05, 0) is 37.1 Å². The molecule has 1 fully saturated rings. The van der Waals surface area contributed by atoms with Crippen molar-refractivity contribution in [1.29, 1.82) is 0 Å². The van der Waals surface area contributed by atoms with E-state index in [4.69, 9.17) is 4.74 Å². The zero-order chi connectivity index (χ0) is 19.6. The number of benzene rings is 2. The minimum Gasteiger partial charge on any atom is -0.495 e. The third-order valence-corrected chi connectivity index (χ3v) is 5.31. The van der Waals surface area contributed by atoms with Gasteiger partial charge in [0.05, 0.1) is 24.8 Å². The largest absolute Gasteiger partial charge is 0.495 e. The molecular weight excluding hydrogens is 340 g/mol. The molecule has 2 aromatic carbocycles. The van der Waals surface area contributed by atoms with E-state index < -0.39 is 0 Å². The highest BCUT2D eigenvalue weighted by molar-refractivity contribution is 6.01. The number of hydrogen-bond acceptors (Lipinski definition) is 3. The van der Waals surface area contributed by atoms with Crippen molar-refractivity contribution in [2.24, 2.45) is 5.92 Å². The first-order valence-electron chi connectivity index (χ1n) is 9.19. The molecule has 3 rings (SSSR count). The number of carbonyl (C=O) groups excluding carboxylic acids is 2. The minimum atomic E-state index is -0.348. The number of hydrogen-bond donors (Lipinski definition) is 0. The standard InChI is InChI=1S/C22H26N2O3/c1-15-10-11-20(27-4)19(12-15)24-14-18(13-21(24)25)22(26)23(3)16(2)17-8-6-5-7-9-17/h5-12,16,18H,13-14H2,1-4H3. The minimum absolute atomic E-state index is 0.00572. The number of aryl methyl sites for hydroxylation is 1. The number of nitrogens with zero attached hydrogens (tertiary/aromatic N) is 2. The molecule has 0 radical (unpaired) electrons. The average Bonchev–Trinajstić information content (AvgIpc) is 3.08. The van der Waals surface area contributed by atoms with Gasteiger partial charge < -0.3 is 14.5 Å². The highest BCUT2D eigenvalue weighted by Crippen LogP contribution is 2.35. The topological polar surface area (TPSA) is 49.9 Å². The van der Waals surface area contributed by atoms with Crippen LogP contribution in [-0.4, -0.2) is 37.4 Å². The van der Waals surface area contributed by atoms with E-state index in [1.54, 1.807) is 24.0 Å². The lowest BCUT2D eigenvalue weighted by Gasteiger charge is -2.28. The molecule has 0 aliphatic carbocycles. The summed E-state index contributed by atoms with van der Waals surface area (Å²) in [5.41, 5.74) is 2.86. The molecule has 0 bridgehead atoms. The van der Waals surface area contributed by atoms with Crippen LogP contribution in [0.15, 0.2) is 48.5 Å². The number of ether oxygens (including phenoxy) is 1. The van der Waals surface area contributed by atoms with Crippen molar-refractivity contribution >= 4 is 17.5 Å². The predicted octanol–water partition coefficient (Wildman–Crippen LogP) is 3.58. The second-order valence-corrected chi connectivity index (χ2v) is 7.12. The van der Waals surface area contributed by atoms with E-state index in [1.165, 1.54) is 0 Å². The summed E-state index contributed by atoms with van der Waals surface area (Å²) in [6, 6.07) is 15.6. The summed E-state index contributed by atoms with van der Waals surface area (Å²) >= 11 is 0. The van der Waals surface area contributed by atoms with Gasteiger partial charge in [0.15, 0.2) is 0 Å². The maximum absolute atomic E-state index is 13.0. The fourth-order valence-corrected chi connectivity index (χ4v) is 3.55. The molecule has 2 aromatic rings. The van der Waals surface area contributed by atoms with Gasteiger partial charge in [0, 0.05) is 20.0 Å². The van der Waals surface area contributed by atoms with Crippen molar-refractivity contribution in [2.45, 2.75) is 26.3 Å². The summed E-state index contributed by atoms with van der Waals surface area (Å²) in [7, 11) is 3.40. The van der Waals surface area contributed by atoms with Crippen molar-refractivity contribution in [3.05, 3.63) is 59.7 Å². The Labute approximate surface area is 160 Å². The van der Waals surface area contributed by atoms with E-state index in [0.717, 1.165) is 16.8 Å². The number of amides is 2. The van der Waals surface area contributed by atoms with Crippen LogP contribution in [-0.2, 0) is 9.59 Å². The SMILES string of the molecule is COc1ccc(C)cc1N1CC(C(=O)N(C)C(C)c2ccccc2)CC1=O. The van der Waals surface area contributed by atoms with Crippen LogP contribution in [0.5, 0.6) is 5.75 Å². The van der Waals surface area contributed by atoms with E-state index in [9.17, 15) is 9.59 Å². The van der Waals surface area contributed by atoms with E-state index in [1.807, 2.05) is 62.4 Å². The lowest BCUT2D eigenvalue weighted by Crippen LogP contribution is -2.36. The van der Waals surface area contributed by atoms with Gasteiger partial charge in [-0.3, -0.25) is 9.59 Å². The second-order valence-electron chi connectivity index (χ2n) is 7.12. The summed E-state index contributed by atoms with van der Waals surface area (Å²) in [6.07, 6.45) is 0.224. The third kappa shape index (κ3) is 3.82. The Morgan fingerprint density at radius 2 is 1.93 bits per heavy atom. The quantitative estimate of drug-likeness (QED) is 0.813. The molecule has 1 aliphatic heterocycles. The van der Waals surface area contributed by atoms with Crippen LogP contribution in [0.4, 0.5) is 5.69 Å². The van der Waals surface area contributed by atoms with E-state index >= 15 is 0 Å². The third-order valence-electron chi connectivity index (χ3n) is 5.31.